The molecule has 1 aliphatic rings. The van der Waals surface area contributed by atoms with Gasteiger partial charge in [-0.2, -0.15) is 0 Å². The molecule has 3 aromatic carbocycles. The van der Waals surface area contributed by atoms with E-state index >= 15 is 0 Å². The fourth-order valence-electron chi connectivity index (χ4n) is 4.13. The SMILES string of the molecule is CC1(C)Cc2cc(OC(=O)O)ccc2NC1c1cccc(NC(=O)c2cccc(F)c2)c1. The van der Waals surface area contributed by atoms with Crippen LogP contribution >= 0.6 is 0 Å². The number of hydrogen-bond donors (Lipinski definition) is 3. The van der Waals surface area contributed by atoms with Crippen LogP contribution in [0.25, 0.3) is 0 Å². The predicted octanol–water partition coefficient (Wildman–Crippen LogP) is 5.87. The number of ether oxygens (including phenoxy) is 1. The predicted molar refractivity (Wildman–Crippen MR) is 120 cm³/mol. The fourth-order valence-corrected chi connectivity index (χ4v) is 4.13. The Kier molecular flexibility index (Phi) is 5.57. The highest BCUT2D eigenvalue weighted by Gasteiger charge is 2.36. The third kappa shape index (κ3) is 4.56. The zero-order valence-electron chi connectivity index (χ0n) is 17.7. The van der Waals surface area contributed by atoms with E-state index in [2.05, 4.69) is 24.5 Å². The summed E-state index contributed by atoms with van der Waals surface area (Å²) in [7, 11) is 0. The van der Waals surface area contributed by atoms with Crippen molar-refractivity contribution >= 4 is 23.4 Å². The summed E-state index contributed by atoms with van der Waals surface area (Å²) in [6, 6.07) is 18.2. The number of rotatable bonds is 4. The molecule has 7 heteroatoms. The molecule has 0 fully saturated rings. The lowest BCUT2D eigenvalue weighted by Gasteiger charge is -2.41. The molecule has 3 N–H and O–H groups in total. The minimum atomic E-state index is -1.34. The molecular weight excluding hydrogens is 411 g/mol. The van der Waals surface area contributed by atoms with Crippen LogP contribution in [-0.2, 0) is 6.42 Å². The highest BCUT2D eigenvalue weighted by molar-refractivity contribution is 6.04. The Balaban J connectivity index is 1.57. The number of nitrogens with one attached hydrogen (secondary N) is 2. The number of carbonyl (C=O) groups is 2. The van der Waals surface area contributed by atoms with Gasteiger partial charge in [-0.05, 0) is 71.5 Å². The maximum absolute atomic E-state index is 13.4. The van der Waals surface area contributed by atoms with Crippen LogP contribution in [0.1, 0.15) is 41.4 Å². The third-order valence-corrected chi connectivity index (χ3v) is 5.57. The van der Waals surface area contributed by atoms with Gasteiger partial charge < -0.3 is 20.5 Å². The van der Waals surface area contributed by atoms with Gasteiger partial charge in [0, 0.05) is 16.9 Å². The molecule has 1 amide bonds. The first kappa shape index (κ1) is 21.4. The Labute approximate surface area is 185 Å². The zero-order chi connectivity index (χ0) is 22.9. The van der Waals surface area contributed by atoms with Gasteiger partial charge >= 0.3 is 6.16 Å². The van der Waals surface area contributed by atoms with Crippen LogP contribution in [0.5, 0.6) is 5.75 Å². The summed E-state index contributed by atoms with van der Waals surface area (Å²) in [5.41, 5.74) is 3.52. The number of hydrogen-bond acceptors (Lipinski definition) is 4. The normalized spacial score (nSPS) is 16.4. The van der Waals surface area contributed by atoms with Crippen molar-refractivity contribution in [2.24, 2.45) is 5.41 Å². The number of carbonyl (C=O) groups excluding carboxylic acids is 1. The average molecular weight is 434 g/mol. The van der Waals surface area contributed by atoms with E-state index in [1.54, 1.807) is 24.3 Å². The first-order chi connectivity index (χ1) is 15.2. The van der Waals surface area contributed by atoms with Crippen LogP contribution < -0.4 is 15.4 Å². The summed E-state index contributed by atoms with van der Waals surface area (Å²) in [6.07, 6.45) is -0.639. The monoisotopic (exact) mass is 434 g/mol. The highest BCUT2D eigenvalue weighted by atomic mass is 19.1. The lowest BCUT2D eigenvalue weighted by molar-refractivity contribution is 0.102. The molecule has 0 radical (unpaired) electrons. The minimum absolute atomic E-state index is 0.0488. The standard InChI is InChI=1S/C25H23FN2O4/c1-25(2)14-17-13-20(32-24(30)31)9-10-21(17)28-22(25)15-5-4-8-19(12-15)27-23(29)16-6-3-7-18(26)11-16/h3-13,22,28H,14H2,1-2H3,(H,27,29)(H,30,31). The van der Waals surface area contributed by atoms with Crippen molar-refractivity contribution in [2.75, 3.05) is 10.6 Å². The fraction of sp³-hybridized carbons (Fsp3) is 0.200. The highest BCUT2D eigenvalue weighted by Crippen LogP contribution is 2.45. The number of carboxylic acid groups (broad SMARTS) is 1. The summed E-state index contributed by atoms with van der Waals surface area (Å²) in [5.74, 6) is -0.557. The zero-order valence-corrected chi connectivity index (χ0v) is 17.7. The number of anilines is 2. The second kappa shape index (κ2) is 8.34. The lowest BCUT2D eigenvalue weighted by Crippen LogP contribution is -2.35. The summed E-state index contributed by atoms with van der Waals surface area (Å²) in [4.78, 5) is 23.3. The van der Waals surface area contributed by atoms with Gasteiger partial charge in [-0.3, -0.25) is 4.79 Å². The molecule has 0 bridgehead atoms. The lowest BCUT2D eigenvalue weighted by atomic mass is 9.73. The second-order valence-corrected chi connectivity index (χ2v) is 8.52. The van der Waals surface area contributed by atoms with Crippen molar-refractivity contribution in [3.05, 3.63) is 89.2 Å². The molecule has 1 atom stereocenters. The molecule has 1 unspecified atom stereocenters. The van der Waals surface area contributed by atoms with E-state index in [-0.39, 0.29) is 28.7 Å². The molecule has 0 spiro atoms. The molecule has 32 heavy (non-hydrogen) atoms. The number of amides is 1. The van der Waals surface area contributed by atoms with E-state index < -0.39 is 12.0 Å². The number of benzene rings is 3. The third-order valence-electron chi connectivity index (χ3n) is 5.57. The van der Waals surface area contributed by atoms with Crippen molar-refractivity contribution in [1.29, 1.82) is 0 Å². The summed E-state index contributed by atoms with van der Waals surface area (Å²) < 4.78 is 18.2. The van der Waals surface area contributed by atoms with Gasteiger partial charge in [-0.15, -0.1) is 0 Å². The van der Waals surface area contributed by atoms with E-state index in [0.29, 0.717) is 12.1 Å². The number of fused-ring (bicyclic) bond motifs is 1. The topological polar surface area (TPSA) is 87.7 Å². The Hall–Kier alpha value is -3.87. The molecule has 1 aliphatic heterocycles. The molecule has 0 aliphatic carbocycles. The van der Waals surface area contributed by atoms with Crippen LogP contribution in [0.3, 0.4) is 0 Å². The van der Waals surface area contributed by atoms with Crippen molar-refractivity contribution < 1.29 is 23.8 Å². The van der Waals surface area contributed by atoms with Gasteiger partial charge in [-0.1, -0.05) is 32.0 Å². The molecule has 164 valence electrons. The van der Waals surface area contributed by atoms with Crippen molar-refractivity contribution in [1.82, 2.24) is 0 Å². The van der Waals surface area contributed by atoms with Crippen LogP contribution in [0.15, 0.2) is 66.7 Å². The molecular formula is C25H23FN2O4. The molecule has 3 aromatic rings. The first-order valence-electron chi connectivity index (χ1n) is 10.2. The van der Waals surface area contributed by atoms with Gasteiger partial charge in [0.15, 0.2) is 0 Å². The quantitative estimate of drug-likeness (QED) is 0.353. The Bertz CT molecular complexity index is 1190. The van der Waals surface area contributed by atoms with E-state index in [0.717, 1.165) is 16.8 Å². The van der Waals surface area contributed by atoms with Gasteiger partial charge in [-0.25, -0.2) is 9.18 Å². The van der Waals surface area contributed by atoms with E-state index in [9.17, 15) is 14.0 Å². The Morgan fingerprint density at radius 2 is 1.88 bits per heavy atom. The molecule has 6 nitrogen and oxygen atoms in total. The average Bonchev–Trinajstić information content (AvgIpc) is 2.72. The summed E-state index contributed by atoms with van der Waals surface area (Å²) >= 11 is 0. The molecule has 0 saturated carbocycles. The van der Waals surface area contributed by atoms with Crippen LogP contribution in [-0.4, -0.2) is 17.2 Å². The van der Waals surface area contributed by atoms with Gasteiger partial charge in [0.1, 0.15) is 11.6 Å². The van der Waals surface area contributed by atoms with Gasteiger partial charge in [0.25, 0.3) is 5.91 Å². The maximum Gasteiger partial charge on any atom is 0.511 e. The molecule has 0 aromatic heterocycles. The van der Waals surface area contributed by atoms with Crippen molar-refractivity contribution in [3.63, 3.8) is 0 Å². The smallest absolute Gasteiger partial charge is 0.449 e. The first-order valence-corrected chi connectivity index (χ1v) is 10.2. The summed E-state index contributed by atoms with van der Waals surface area (Å²) in [5, 5.41) is 15.2. The largest absolute Gasteiger partial charge is 0.511 e. The van der Waals surface area contributed by atoms with Crippen molar-refractivity contribution in [3.8, 4) is 5.75 Å². The van der Waals surface area contributed by atoms with Gasteiger partial charge in [0.05, 0.1) is 6.04 Å². The Morgan fingerprint density at radius 1 is 1.09 bits per heavy atom. The number of halogens is 1. The van der Waals surface area contributed by atoms with E-state index in [1.807, 2.05) is 24.3 Å². The Morgan fingerprint density at radius 3 is 2.62 bits per heavy atom. The minimum Gasteiger partial charge on any atom is -0.449 e. The molecule has 1 heterocycles. The van der Waals surface area contributed by atoms with Crippen molar-refractivity contribution in [2.45, 2.75) is 26.3 Å². The van der Waals surface area contributed by atoms with Gasteiger partial charge in [0.2, 0.25) is 0 Å². The van der Waals surface area contributed by atoms with Crippen LogP contribution in [0, 0.1) is 11.2 Å². The molecule has 4 rings (SSSR count). The van der Waals surface area contributed by atoms with Crippen LogP contribution in [0.2, 0.25) is 0 Å². The second-order valence-electron chi connectivity index (χ2n) is 8.52. The maximum atomic E-state index is 13.4. The van der Waals surface area contributed by atoms with E-state index in [1.165, 1.54) is 18.2 Å². The summed E-state index contributed by atoms with van der Waals surface area (Å²) in [6.45, 7) is 4.24. The molecule has 0 saturated heterocycles. The van der Waals surface area contributed by atoms with E-state index in [4.69, 9.17) is 9.84 Å². The van der Waals surface area contributed by atoms with Crippen LogP contribution in [0.4, 0.5) is 20.6 Å².